The van der Waals surface area contributed by atoms with Crippen molar-refractivity contribution in [2.75, 3.05) is 53.0 Å². The van der Waals surface area contributed by atoms with Crippen molar-refractivity contribution in [2.24, 2.45) is 11.8 Å². The predicted molar refractivity (Wildman–Crippen MR) is 211 cm³/mol. The first kappa shape index (κ1) is 47.9. The van der Waals surface area contributed by atoms with Gasteiger partial charge in [-0.1, -0.05) is 26.0 Å². The zero-order valence-corrected chi connectivity index (χ0v) is 36.2. The summed E-state index contributed by atoms with van der Waals surface area (Å²) in [4.78, 5) is 37.9. The molecule has 0 aromatic heterocycles. The molecule has 0 aliphatic carbocycles. The van der Waals surface area contributed by atoms with Gasteiger partial charge in [-0.25, -0.2) is 22.8 Å². The Kier molecular flexibility index (Phi) is 18.0. The number of carbonyl (C=O) groups is 3. The zero-order chi connectivity index (χ0) is 43.3. The number of aliphatic hydroxyl groups excluding tert-OH is 1. The van der Waals surface area contributed by atoms with Gasteiger partial charge in [-0.2, -0.15) is 4.31 Å². The number of aliphatic hydroxyl groups is 1. The van der Waals surface area contributed by atoms with Crippen molar-refractivity contribution < 1.29 is 74.7 Å². The number of carbonyl (C=O) groups excluding carboxylic acids is 3. The van der Waals surface area contributed by atoms with Crippen molar-refractivity contribution in [2.45, 2.75) is 96.0 Å². The highest BCUT2D eigenvalue weighted by atomic mass is 32.2. The van der Waals surface area contributed by atoms with E-state index in [1.165, 1.54) is 61.7 Å². The average Bonchev–Trinajstić information content (AvgIpc) is 3.82. The van der Waals surface area contributed by atoms with E-state index in [0.717, 1.165) is 0 Å². The van der Waals surface area contributed by atoms with E-state index in [0.29, 0.717) is 24.3 Å². The number of amides is 1. The summed E-state index contributed by atoms with van der Waals surface area (Å²) in [7, 11) is -6.93. The first-order valence-corrected chi connectivity index (χ1v) is 22.7. The maximum atomic E-state index is 13.9. The Hall–Kier alpha value is -3.81. The Labute approximate surface area is 345 Å². The molecule has 0 spiro atoms. The Balaban J connectivity index is 1.53. The summed E-state index contributed by atoms with van der Waals surface area (Å²) in [6.45, 7) is 9.98. The molecule has 0 saturated carbocycles. The van der Waals surface area contributed by atoms with Gasteiger partial charge in [0.15, 0.2) is 24.8 Å². The summed E-state index contributed by atoms with van der Waals surface area (Å²) in [5.41, 5.74) is 0.589. The third kappa shape index (κ3) is 13.9. The lowest BCUT2D eigenvalue weighted by atomic mass is 10.0. The molecule has 330 valence electrons. The summed E-state index contributed by atoms with van der Waals surface area (Å²) >= 11 is 0. The summed E-state index contributed by atoms with van der Waals surface area (Å²) in [6.07, 6.45) is -5.94. The number of methoxy groups -OCH3 is 1. The predicted octanol–water partition coefficient (Wildman–Crippen LogP) is 4.27. The lowest BCUT2D eigenvalue weighted by Crippen LogP contribution is -2.51. The normalized spacial score (nSPS) is 20.8. The maximum Gasteiger partial charge on any atom is 0.407 e. The molecule has 20 heteroatoms. The first-order chi connectivity index (χ1) is 28.0. The molecule has 0 bridgehead atoms. The molecule has 2 heterocycles. The Bertz CT molecular complexity index is 1800. The van der Waals surface area contributed by atoms with Crippen LogP contribution in [0.4, 0.5) is 4.79 Å². The van der Waals surface area contributed by atoms with E-state index in [2.05, 4.69) is 5.32 Å². The molecule has 59 heavy (non-hydrogen) atoms. The minimum absolute atomic E-state index is 0.00581. The molecule has 2 saturated heterocycles. The molecule has 1 unspecified atom stereocenters. The number of fused-ring (bicyclic) bond motifs is 1. The fourth-order valence-electron chi connectivity index (χ4n) is 6.37. The zero-order valence-electron chi connectivity index (χ0n) is 34.5. The van der Waals surface area contributed by atoms with E-state index >= 15 is 0 Å². The van der Waals surface area contributed by atoms with E-state index in [4.69, 9.17) is 42.2 Å². The number of esters is 2. The summed E-state index contributed by atoms with van der Waals surface area (Å²) in [5, 5.41) is 14.5. The number of ether oxygens (including phenoxy) is 7. The lowest BCUT2D eigenvalue weighted by Gasteiger charge is -2.31. The highest BCUT2D eigenvalue weighted by molar-refractivity contribution is 7.89. The summed E-state index contributed by atoms with van der Waals surface area (Å²) < 4.78 is 91.5. The van der Waals surface area contributed by atoms with Crippen LogP contribution < -0.4 is 14.8 Å². The van der Waals surface area contributed by atoms with Crippen LogP contribution in [0, 0.1) is 11.8 Å². The van der Waals surface area contributed by atoms with Crippen molar-refractivity contribution in [3.63, 3.8) is 0 Å². The number of sulfonamides is 1. The van der Waals surface area contributed by atoms with Gasteiger partial charge in [-0.3, -0.25) is 13.6 Å². The second-order valence-corrected chi connectivity index (χ2v) is 18.2. The van der Waals surface area contributed by atoms with Crippen molar-refractivity contribution in [3.8, 4) is 11.5 Å². The molecule has 2 N–H and O–H groups in total. The standard InChI is InChI=1S/C39H57N2O16PS/c1-8-50-36(43)26(5)56-58(46,57-27(6)37(44)51-9-2)24-54-30-12-10-28(11-13-30)20-33(40-39(45)55-35-23-53-38-32(35)18-19-52-38)34(42)22-41(21-25(3)4)59(47,48)31-16-14-29(49-7)15-17-31/h10-17,25-27,32-35,38,42H,8-9,18-24H2,1-7H3,(H,40,45)/t26-,27+,32-,33-,34+,35-,38+,58?/m0/s1. The van der Waals surface area contributed by atoms with Gasteiger partial charge in [0.2, 0.25) is 10.0 Å². The van der Waals surface area contributed by atoms with Gasteiger partial charge in [-0.15, -0.1) is 0 Å². The van der Waals surface area contributed by atoms with Crippen molar-refractivity contribution >= 4 is 35.7 Å². The fraction of sp³-hybridized carbons (Fsp3) is 0.615. The third-order valence-electron chi connectivity index (χ3n) is 9.31. The average molecular weight is 873 g/mol. The van der Waals surface area contributed by atoms with Crippen molar-refractivity contribution in [3.05, 3.63) is 54.1 Å². The second-order valence-electron chi connectivity index (χ2n) is 14.4. The first-order valence-electron chi connectivity index (χ1n) is 19.5. The quantitative estimate of drug-likeness (QED) is 0.0905. The number of alkyl carbamates (subject to hydrolysis) is 1. The molecular weight excluding hydrogens is 815 g/mol. The van der Waals surface area contributed by atoms with Crippen molar-refractivity contribution in [1.82, 2.24) is 9.62 Å². The van der Waals surface area contributed by atoms with Crippen LogP contribution in [0.25, 0.3) is 0 Å². The van der Waals surface area contributed by atoms with Gasteiger partial charge < -0.3 is 43.6 Å². The molecule has 2 aromatic carbocycles. The number of rotatable bonds is 23. The minimum atomic E-state index is -4.29. The Morgan fingerprint density at radius 1 is 0.898 bits per heavy atom. The molecule has 18 nitrogen and oxygen atoms in total. The number of nitrogens with zero attached hydrogens (tertiary/aromatic N) is 1. The van der Waals surface area contributed by atoms with Crippen LogP contribution in [0.5, 0.6) is 11.5 Å². The highest BCUT2D eigenvalue weighted by Gasteiger charge is 2.44. The van der Waals surface area contributed by atoms with Crippen LogP contribution in [0.1, 0.15) is 53.5 Å². The van der Waals surface area contributed by atoms with E-state index in [1.54, 1.807) is 26.0 Å². The minimum Gasteiger partial charge on any atom is -0.497 e. The molecule has 0 radical (unpaired) electrons. The van der Waals surface area contributed by atoms with Gasteiger partial charge in [0.25, 0.3) is 0 Å². The lowest BCUT2D eigenvalue weighted by molar-refractivity contribution is -0.152. The molecule has 4 rings (SSSR count). The Morgan fingerprint density at radius 3 is 2.05 bits per heavy atom. The van der Waals surface area contributed by atoms with Crippen LogP contribution in [0.3, 0.4) is 0 Å². The number of nitrogens with one attached hydrogen (secondary N) is 1. The molecule has 2 aliphatic heterocycles. The smallest absolute Gasteiger partial charge is 0.407 e. The maximum absolute atomic E-state index is 13.9. The van der Waals surface area contributed by atoms with Gasteiger partial charge >= 0.3 is 25.6 Å². The van der Waals surface area contributed by atoms with Gasteiger partial charge in [0.05, 0.1) is 56.5 Å². The van der Waals surface area contributed by atoms with Crippen LogP contribution in [-0.2, 0) is 63.3 Å². The summed E-state index contributed by atoms with van der Waals surface area (Å²) in [5.74, 6) is -1.17. The van der Waals surface area contributed by atoms with Crippen LogP contribution in [-0.4, -0.2) is 126 Å². The highest BCUT2D eigenvalue weighted by Crippen LogP contribution is 2.51. The van der Waals surface area contributed by atoms with Crippen LogP contribution in [0.2, 0.25) is 0 Å². The number of benzene rings is 2. The molecule has 1 amide bonds. The largest absolute Gasteiger partial charge is 0.497 e. The monoisotopic (exact) mass is 872 g/mol. The summed E-state index contributed by atoms with van der Waals surface area (Å²) in [6, 6.07) is 11.2. The molecular formula is C39H57N2O16PS. The van der Waals surface area contributed by atoms with Crippen LogP contribution >= 0.6 is 7.60 Å². The topological polar surface area (TPSA) is 221 Å². The van der Waals surface area contributed by atoms with Gasteiger partial charge in [0, 0.05) is 13.1 Å². The van der Waals surface area contributed by atoms with E-state index in [-0.39, 0.29) is 61.8 Å². The third-order valence-corrected chi connectivity index (χ3v) is 12.9. The number of hydrogen-bond donors (Lipinski definition) is 2. The Morgan fingerprint density at radius 2 is 1.49 bits per heavy atom. The van der Waals surface area contributed by atoms with Gasteiger partial charge in [0.1, 0.15) is 17.6 Å². The molecule has 8 atom stereocenters. The van der Waals surface area contributed by atoms with Gasteiger partial charge in [-0.05, 0) is 88.4 Å². The second kappa shape index (κ2) is 22.2. The van der Waals surface area contributed by atoms with Crippen LogP contribution in [0.15, 0.2) is 53.4 Å². The number of hydrogen-bond acceptors (Lipinski definition) is 16. The van der Waals surface area contributed by atoms with E-state index in [1.807, 2.05) is 13.8 Å². The van der Waals surface area contributed by atoms with E-state index in [9.17, 15) is 32.5 Å². The van der Waals surface area contributed by atoms with Crippen molar-refractivity contribution in [1.29, 1.82) is 0 Å². The fourth-order valence-corrected chi connectivity index (χ4v) is 9.60. The molecule has 2 aromatic rings. The van der Waals surface area contributed by atoms with E-state index < -0.39 is 78.7 Å². The molecule has 2 aliphatic rings. The SMILES string of the molecule is CCOC(=O)[C@H](C)OP(=O)(COc1ccc(C[C@H](NC(=O)O[C@H]2CO[C@H]3OCC[C@H]32)[C@H](O)CN(CC(C)C)S(=O)(=O)c2ccc(OC)cc2)cc1)O[C@H](C)C(=O)OCC. The molecule has 2 fully saturated rings.